The third kappa shape index (κ3) is 4.44. The number of aliphatic hydroxyl groups is 1. The van der Waals surface area contributed by atoms with Crippen molar-refractivity contribution < 1.29 is 14.7 Å². The lowest BCUT2D eigenvalue weighted by Gasteiger charge is -2.14. The number of hydrogen-bond acceptors (Lipinski definition) is 3. The van der Waals surface area contributed by atoms with Crippen LogP contribution in [0.1, 0.15) is 79.1 Å². The number of rotatable bonds is 7. The quantitative estimate of drug-likeness (QED) is 0.677. The highest BCUT2D eigenvalue weighted by atomic mass is 16.3. The highest BCUT2D eigenvalue weighted by Crippen LogP contribution is 2.27. The Balaban J connectivity index is 2.94. The van der Waals surface area contributed by atoms with Crippen molar-refractivity contribution >= 4 is 11.7 Å². The van der Waals surface area contributed by atoms with E-state index in [0.717, 1.165) is 5.56 Å². The van der Waals surface area contributed by atoms with Crippen molar-refractivity contribution in [3.63, 3.8) is 0 Å². The molecule has 0 saturated heterocycles. The molecule has 1 aromatic heterocycles. The molecule has 1 unspecified atom stereocenters. The lowest BCUT2D eigenvalue weighted by Crippen LogP contribution is -2.33. The van der Waals surface area contributed by atoms with Gasteiger partial charge in [0.15, 0.2) is 5.78 Å². The number of aromatic amines is 1. The van der Waals surface area contributed by atoms with Crippen molar-refractivity contribution in [3.8, 4) is 0 Å². The average molecular weight is 308 g/mol. The van der Waals surface area contributed by atoms with Crippen LogP contribution < -0.4 is 5.32 Å². The molecule has 22 heavy (non-hydrogen) atoms. The van der Waals surface area contributed by atoms with Gasteiger partial charge in [-0.05, 0) is 37.7 Å². The lowest BCUT2D eigenvalue weighted by atomic mass is 9.95. The first kappa shape index (κ1) is 18.4. The number of carbonyl (C=O) groups is 2. The number of Topliss-reactive ketones (excluding diaryl/α,β-unsaturated/α-hetero) is 1. The minimum absolute atomic E-state index is 0.0451. The largest absolute Gasteiger partial charge is 0.391 e. The topological polar surface area (TPSA) is 82.2 Å². The Morgan fingerprint density at radius 3 is 2.27 bits per heavy atom. The van der Waals surface area contributed by atoms with Crippen molar-refractivity contribution in [2.24, 2.45) is 5.92 Å². The Hall–Kier alpha value is -1.62. The van der Waals surface area contributed by atoms with Crippen molar-refractivity contribution in [3.05, 3.63) is 22.5 Å². The van der Waals surface area contributed by atoms with Gasteiger partial charge < -0.3 is 15.4 Å². The molecule has 1 aromatic rings. The second kappa shape index (κ2) is 7.58. The maximum absolute atomic E-state index is 12.4. The molecule has 3 N–H and O–H groups in total. The predicted octanol–water partition coefficient (Wildman–Crippen LogP) is 2.79. The molecule has 0 aliphatic heterocycles. The van der Waals surface area contributed by atoms with Crippen molar-refractivity contribution in [1.29, 1.82) is 0 Å². The molecule has 1 amide bonds. The van der Waals surface area contributed by atoms with Crippen molar-refractivity contribution in [2.45, 2.75) is 60.0 Å². The Morgan fingerprint density at radius 2 is 1.82 bits per heavy atom. The van der Waals surface area contributed by atoms with E-state index in [4.69, 9.17) is 0 Å². The van der Waals surface area contributed by atoms with Crippen LogP contribution in [-0.4, -0.2) is 34.4 Å². The SMILES string of the molecule is CC(=O)c1c(C)[nH]c(C(=O)NCC(O)CC(C)C)c1C(C)C. The van der Waals surface area contributed by atoms with Crippen LogP contribution in [0.25, 0.3) is 0 Å². The highest BCUT2D eigenvalue weighted by molar-refractivity contribution is 6.03. The molecule has 5 heteroatoms. The fourth-order valence-electron chi connectivity index (χ4n) is 2.78. The summed E-state index contributed by atoms with van der Waals surface area (Å²) in [7, 11) is 0. The number of aromatic nitrogens is 1. The molecule has 0 radical (unpaired) electrons. The number of aliphatic hydroxyl groups excluding tert-OH is 1. The second-order valence-corrected chi connectivity index (χ2v) is 6.62. The van der Waals surface area contributed by atoms with Gasteiger partial charge in [-0.1, -0.05) is 27.7 Å². The summed E-state index contributed by atoms with van der Waals surface area (Å²) in [5.41, 5.74) is 2.49. The van der Waals surface area contributed by atoms with E-state index < -0.39 is 6.10 Å². The minimum atomic E-state index is -0.560. The average Bonchev–Trinajstić information content (AvgIpc) is 2.73. The van der Waals surface area contributed by atoms with Crippen LogP contribution in [0.3, 0.4) is 0 Å². The van der Waals surface area contributed by atoms with Gasteiger partial charge in [0.1, 0.15) is 5.69 Å². The Morgan fingerprint density at radius 1 is 1.23 bits per heavy atom. The van der Waals surface area contributed by atoms with Crippen LogP contribution in [0.4, 0.5) is 0 Å². The van der Waals surface area contributed by atoms with Crippen LogP contribution in [0.15, 0.2) is 0 Å². The number of H-pyrrole nitrogens is 1. The van der Waals surface area contributed by atoms with Crippen LogP contribution in [0.2, 0.25) is 0 Å². The van der Waals surface area contributed by atoms with E-state index in [0.29, 0.717) is 29.3 Å². The number of nitrogens with one attached hydrogen (secondary N) is 2. The van der Waals surface area contributed by atoms with E-state index in [9.17, 15) is 14.7 Å². The van der Waals surface area contributed by atoms with Gasteiger partial charge in [-0.25, -0.2) is 0 Å². The molecule has 0 fully saturated rings. The highest BCUT2D eigenvalue weighted by Gasteiger charge is 2.24. The smallest absolute Gasteiger partial charge is 0.268 e. The van der Waals surface area contributed by atoms with Gasteiger partial charge in [-0.3, -0.25) is 9.59 Å². The lowest BCUT2D eigenvalue weighted by molar-refractivity contribution is 0.0894. The molecule has 1 rings (SSSR count). The molecule has 1 atom stereocenters. The first-order chi connectivity index (χ1) is 10.1. The van der Waals surface area contributed by atoms with Gasteiger partial charge in [0, 0.05) is 17.8 Å². The van der Waals surface area contributed by atoms with Crippen LogP contribution in [0.5, 0.6) is 0 Å². The third-order valence-electron chi connectivity index (χ3n) is 3.62. The zero-order valence-corrected chi connectivity index (χ0v) is 14.4. The van der Waals surface area contributed by atoms with Gasteiger partial charge in [0.05, 0.1) is 6.10 Å². The summed E-state index contributed by atoms with van der Waals surface area (Å²) in [6.45, 7) is 11.5. The van der Waals surface area contributed by atoms with Gasteiger partial charge in [0.2, 0.25) is 0 Å². The van der Waals surface area contributed by atoms with Crippen LogP contribution in [-0.2, 0) is 0 Å². The van der Waals surface area contributed by atoms with E-state index in [1.165, 1.54) is 6.92 Å². The number of amides is 1. The standard InChI is InChI=1S/C17H28N2O3/c1-9(2)7-13(21)8-18-17(22)16-14(10(3)4)15(12(6)20)11(5)19-16/h9-10,13,19,21H,7-8H2,1-6H3,(H,18,22). The van der Waals surface area contributed by atoms with E-state index in [-0.39, 0.29) is 24.2 Å². The zero-order chi connectivity index (χ0) is 17.0. The van der Waals surface area contributed by atoms with Crippen LogP contribution >= 0.6 is 0 Å². The maximum atomic E-state index is 12.4. The number of carbonyl (C=O) groups excluding carboxylic acids is 2. The molecule has 5 nitrogen and oxygen atoms in total. The van der Waals surface area contributed by atoms with Crippen LogP contribution in [0, 0.1) is 12.8 Å². The zero-order valence-electron chi connectivity index (χ0n) is 14.4. The molecule has 1 heterocycles. The third-order valence-corrected chi connectivity index (χ3v) is 3.62. The first-order valence-electron chi connectivity index (χ1n) is 7.84. The Kier molecular flexibility index (Phi) is 6.35. The molecule has 0 aliphatic rings. The predicted molar refractivity (Wildman–Crippen MR) is 87.4 cm³/mol. The summed E-state index contributed by atoms with van der Waals surface area (Å²) in [5.74, 6) is 0.110. The minimum Gasteiger partial charge on any atom is -0.391 e. The number of ketones is 1. The number of aryl methyl sites for hydroxylation is 1. The summed E-state index contributed by atoms with van der Waals surface area (Å²) in [6.07, 6.45) is 0.0783. The maximum Gasteiger partial charge on any atom is 0.268 e. The van der Waals surface area contributed by atoms with Gasteiger partial charge in [-0.15, -0.1) is 0 Å². The molecule has 0 spiro atoms. The van der Waals surface area contributed by atoms with Crippen molar-refractivity contribution in [1.82, 2.24) is 10.3 Å². The summed E-state index contributed by atoms with van der Waals surface area (Å²) in [4.78, 5) is 27.2. The summed E-state index contributed by atoms with van der Waals surface area (Å²) < 4.78 is 0. The van der Waals surface area contributed by atoms with Crippen molar-refractivity contribution in [2.75, 3.05) is 6.54 Å². The molecule has 0 aliphatic carbocycles. The summed E-state index contributed by atoms with van der Waals surface area (Å²) in [5, 5.41) is 12.6. The normalized spacial score (nSPS) is 12.8. The Bertz CT molecular complexity index is 544. The molecule has 124 valence electrons. The van der Waals surface area contributed by atoms with Gasteiger partial charge in [0.25, 0.3) is 5.91 Å². The fraction of sp³-hybridized carbons (Fsp3) is 0.647. The second-order valence-electron chi connectivity index (χ2n) is 6.62. The first-order valence-corrected chi connectivity index (χ1v) is 7.84. The Labute approximate surface area is 132 Å². The van der Waals surface area contributed by atoms with Gasteiger partial charge >= 0.3 is 0 Å². The fourth-order valence-corrected chi connectivity index (χ4v) is 2.78. The molecular formula is C17H28N2O3. The summed E-state index contributed by atoms with van der Waals surface area (Å²) in [6, 6.07) is 0. The van der Waals surface area contributed by atoms with Gasteiger partial charge in [-0.2, -0.15) is 0 Å². The summed E-state index contributed by atoms with van der Waals surface area (Å²) >= 11 is 0. The molecule has 0 saturated carbocycles. The van der Waals surface area contributed by atoms with E-state index >= 15 is 0 Å². The van der Waals surface area contributed by atoms with E-state index in [1.54, 1.807) is 6.92 Å². The van der Waals surface area contributed by atoms with E-state index in [1.807, 2.05) is 27.7 Å². The molecular weight excluding hydrogens is 280 g/mol. The molecule has 0 bridgehead atoms. The van der Waals surface area contributed by atoms with E-state index in [2.05, 4.69) is 10.3 Å². The molecule has 0 aromatic carbocycles. The monoisotopic (exact) mass is 308 g/mol. The number of hydrogen-bond donors (Lipinski definition) is 3.